The number of rotatable bonds is 6. The molecule has 22 heavy (non-hydrogen) atoms. The Kier molecular flexibility index (Phi) is 4.44. The Balaban J connectivity index is 1.67. The highest BCUT2D eigenvalue weighted by Crippen LogP contribution is 2.40. The summed E-state index contributed by atoms with van der Waals surface area (Å²) in [5.41, 5.74) is 0.358. The molecule has 4 nitrogen and oxygen atoms in total. The monoisotopic (exact) mass is 325 g/mol. The zero-order valence-corrected chi connectivity index (χ0v) is 13.0. The lowest BCUT2D eigenvalue weighted by atomic mass is 10.1. The van der Waals surface area contributed by atoms with Crippen LogP contribution in [0.2, 0.25) is 0 Å². The van der Waals surface area contributed by atoms with E-state index in [0.29, 0.717) is 17.2 Å². The van der Waals surface area contributed by atoms with E-state index in [2.05, 4.69) is 14.8 Å². The second-order valence-electron chi connectivity index (χ2n) is 5.36. The summed E-state index contributed by atoms with van der Waals surface area (Å²) in [6.45, 7) is 2.81. The van der Waals surface area contributed by atoms with Crippen LogP contribution >= 0.6 is 11.8 Å². The first kappa shape index (κ1) is 15.4. The lowest BCUT2D eigenvalue weighted by Gasteiger charge is -2.11. The van der Waals surface area contributed by atoms with Crippen molar-refractivity contribution in [1.82, 2.24) is 14.8 Å². The smallest absolute Gasteiger partial charge is 0.191 e. The van der Waals surface area contributed by atoms with Crippen LogP contribution < -0.4 is 0 Å². The molecule has 1 heterocycles. The van der Waals surface area contributed by atoms with Crippen LogP contribution in [0.25, 0.3) is 0 Å². The molecule has 0 aliphatic heterocycles. The highest BCUT2D eigenvalue weighted by atomic mass is 32.2. The van der Waals surface area contributed by atoms with E-state index in [1.165, 1.54) is 17.8 Å². The van der Waals surface area contributed by atoms with Gasteiger partial charge in [-0.25, -0.2) is 8.78 Å². The Bertz CT molecular complexity index is 673. The van der Waals surface area contributed by atoms with Crippen LogP contribution in [0.3, 0.4) is 0 Å². The molecule has 0 radical (unpaired) electrons. The molecular formula is C15H17F2N3OS. The maximum absolute atomic E-state index is 13.2. The van der Waals surface area contributed by atoms with Crippen molar-refractivity contribution in [3.05, 3.63) is 41.2 Å². The quantitative estimate of drug-likeness (QED) is 0.828. The number of halogens is 2. The topological polar surface area (TPSA) is 50.9 Å². The van der Waals surface area contributed by atoms with Gasteiger partial charge in [0.25, 0.3) is 0 Å². The lowest BCUT2D eigenvalue weighted by Crippen LogP contribution is -2.05. The van der Waals surface area contributed by atoms with E-state index in [9.17, 15) is 13.9 Å². The Morgan fingerprint density at radius 2 is 2.09 bits per heavy atom. The summed E-state index contributed by atoms with van der Waals surface area (Å²) in [5.74, 6) is -0.0311. The molecule has 1 unspecified atom stereocenters. The molecule has 7 heteroatoms. The standard InChI is InChI=1S/C15H17F2N3OS/c1-2-20-14(9-3-4-9)18-19-15(20)22-8-13(21)10-5-6-11(16)12(17)7-10/h5-7,9,13,21H,2-4,8H2,1H3. The van der Waals surface area contributed by atoms with E-state index in [1.54, 1.807) is 0 Å². The van der Waals surface area contributed by atoms with Crippen LogP contribution in [-0.2, 0) is 6.54 Å². The van der Waals surface area contributed by atoms with Crippen molar-refractivity contribution in [2.45, 2.75) is 43.5 Å². The highest BCUT2D eigenvalue weighted by Gasteiger charge is 2.30. The first-order chi connectivity index (χ1) is 10.6. The predicted molar refractivity (Wildman–Crippen MR) is 79.7 cm³/mol. The molecule has 1 saturated carbocycles. The van der Waals surface area contributed by atoms with Gasteiger partial charge in [0.1, 0.15) is 5.82 Å². The van der Waals surface area contributed by atoms with Gasteiger partial charge in [-0.1, -0.05) is 17.8 Å². The Labute approximate surface area is 131 Å². The van der Waals surface area contributed by atoms with Crippen molar-refractivity contribution in [3.63, 3.8) is 0 Å². The van der Waals surface area contributed by atoms with E-state index in [0.717, 1.165) is 42.5 Å². The van der Waals surface area contributed by atoms with Crippen molar-refractivity contribution in [1.29, 1.82) is 0 Å². The summed E-state index contributed by atoms with van der Waals surface area (Å²) in [6.07, 6.45) is 1.42. The van der Waals surface area contributed by atoms with Gasteiger partial charge in [0.05, 0.1) is 6.10 Å². The molecule has 0 spiro atoms. The summed E-state index contributed by atoms with van der Waals surface area (Å²) in [5, 5.41) is 19.3. The maximum Gasteiger partial charge on any atom is 0.191 e. The van der Waals surface area contributed by atoms with Crippen molar-refractivity contribution in [2.75, 3.05) is 5.75 Å². The molecule has 1 aromatic heterocycles. The van der Waals surface area contributed by atoms with Gasteiger partial charge in [0.15, 0.2) is 16.8 Å². The lowest BCUT2D eigenvalue weighted by molar-refractivity contribution is 0.203. The number of aliphatic hydroxyl groups is 1. The van der Waals surface area contributed by atoms with Crippen LogP contribution in [0.1, 0.15) is 43.2 Å². The fourth-order valence-corrected chi connectivity index (χ4v) is 3.29. The zero-order valence-electron chi connectivity index (χ0n) is 12.2. The van der Waals surface area contributed by atoms with Crippen LogP contribution in [0, 0.1) is 11.6 Å². The number of aliphatic hydroxyl groups excluding tert-OH is 1. The molecule has 118 valence electrons. The number of aromatic nitrogens is 3. The molecule has 0 amide bonds. The Morgan fingerprint density at radius 3 is 2.73 bits per heavy atom. The first-order valence-electron chi connectivity index (χ1n) is 7.29. The normalized spacial score (nSPS) is 16.0. The molecule has 1 N–H and O–H groups in total. The van der Waals surface area contributed by atoms with Crippen LogP contribution in [0.5, 0.6) is 0 Å². The minimum Gasteiger partial charge on any atom is -0.388 e. The van der Waals surface area contributed by atoms with Crippen LogP contribution in [0.15, 0.2) is 23.4 Å². The predicted octanol–water partition coefficient (Wildman–Crippen LogP) is 3.28. The number of benzene rings is 1. The maximum atomic E-state index is 13.2. The number of nitrogens with zero attached hydrogens (tertiary/aromatic N) is 3. The third-order valence-corrected chi connectivity index (χ3v) is 4.75. The summed E-state index contributed by atoms with van der Waals surface area (Å²) in [4.78, 5) is 0. The molecule has 1 aromatic carbocycles. The van der Waals surface area contributed by atoms with E-state index in [4.69, 9.17) is 0 Å². The second-order valence-corrected chi connectivity index (χ2v) is 6.35. The van der Waals surface area contributed by atoms with Crippen LogP contribution in [0.4, 0.5) is 8.78 Å². The van der Waals surface area contributed by atoms with E-state index in [1.807, 2.05) is 6.92 Å². The van der Waals surface area contributed by atoms with Gasteiger partial charge < -0.3 is 9.67 Å². The first-order valence-corrected chi connectivity index (χ1v) is 8.27. The molecule has 1 aliphatic rings. The van der Waals surface area contributed by atoms with Crippen molar-refractivity contribution >= 4 is 11.8 Å². The van der Waals surface area contributed by atoms with Gasteiger partial charge in [-0.15, -0.1) is 10.2 Å². The fraction of sp³-hybridized carbons (Fsp3) is 0.467. The minimum absolute atomic E-state index is 0.313. The zero-order chi connectivity index (χ0) is 15.7. The van der Waals surface area contributed by atoms with Gasteiger partial charge in [-0.05, 0) is 37.5 Å². The molecule has 1 fully saturated rings. The van der Waals surface area contributed by atoms with E-state index >= 15 is 0 Å². The fourth-order valence-electron chi connectivity index (χ4n) is 2.32. The largest absolute Gasteiger partial charge is 0.388 e. The summed E-state index contributed by atoms with van der Waals surface area (Å²) in [7, 11) is 0. The third kappa shape index (κ3) is 3.15. The Morgan fingerprint density at radius 1 is 1.32 bits per heavy atom. The van der Waals surface area contributed by atoms with E-state index in [-0.39, 0.29) is 0 Å². The van der Waals surface area contributed by atoms with Crippen molar-refractivity contribution in [2.24, 2.45) is 0 Å². The average Bonchev–Trinajstić information content (AvgIpc) is 3.27. The molecular weight excluding hydrogens is 308 g/mol. The number of hydrogen-bond donors (Lipinski definition) is 1. The van der Waals surface area contributed by atoms with Gasteiger partial charge in [-0.2, -0.15) is 0 Å². The molecule has 0 saturated heterocycles. The van der Waals surface area contributed by atoms with E-state index < -0.39 is 17.7 Å². The van der Waals surface area contributed by atoms with Gasteiger partial charge in [0, 0.05) is 18.2 Å². The SMILES string of the molecule is CCn1c(SCC(O)c2ccc(F)c(F)c2)nnc1C1CC1. The van der Waals surface area contributed by atoms with Gasteiger partial charge in [0.2, 0.25) is 0 Å². The highest BCUT2D eigenvalue weighted by molar-refractivity contribution is 7.99. The number of thioether (sulfide) groups is 1. The molecule has 3 rings (SSSR count). The van der Waals surface area contributed by atoms with Gasteiger partial charge in [-0.3, -0.25) is 0 Å². The van der Waals surface area contributed by atoms with Crippen molar-refractivity contribution in [3.8, 4) is 0 Å². The molecule has 1 aliphatic carbocycles. The summed E-state index contributed by atoms with van der Waals surface area (Å²) < 4.78 is 28.2. The van der Waals surface area contributed by atoms with Crippen LogP contribution in [-0.4, -0.2) is 25.6 Å². The average molecular weight is 325 g/mol. The Hall–Kier alpha value is -1.47. The van der Waals surface area contributed by atoms with Crippen molar-refractivity contribution < 1.29 is 13.9 Å². The molecule has 1 atom stereocenters. The number of hydrogen-bond acceptors (Lipinski definition) is 4. The summed E-state index contributed by atoms with van der Waals surface area (Å²) in [6, 6.07) is 3.45. The third-order valence-electron chi connectivity index (χ3n) is 3.70. The molecule has 0 bridgehead atoms. The molecule has 2 aromatic rings. The minimum atomic E-state index is -0.950. The summed E-state index contributed by atoms with van der Waals surface area (Å²) >= 11 is 1.37. The van der Waals surface area contributed by atoms with Gasteiger partial charge >= 0.3 is 0 Å². The second kappa shape index (κ2) is 6.34.